The van der Waals surface area contributed by atoms with E-state index in [9.17, 15) is 14.4 Å². The van der Waals surface area contributed by atoms with Crippen molar-refractivity contribution in [2.45, 2.75) is 6.92 Å². The number of hydrogen-bond acceptors (Lipinski definition) is 5. The lowest BCUT2D eigenvalue weighted by atomic mass is 10.2. The predicted octanol–water partition coefficient (Wildman–Crippen LogP) is 0.797. The van der Waals surface area contributed by atoms with Crippen molar-refractivity contribution in [3.05, 3.63) is 29.8 Å². The maximum atomic E-state index is 12.2. The molecule has 24 heavy (non-hydrogen) atoms. The fraction of sp³-hybridized carbons (Fsp3) is 0.375. The molecule has 1 heterocycles. The van der Waals surface area contributed by atoms with Crippen molar-refractivity contribution in [3.63, 3.8) is 0 Å². The molecule has 0 aromatic heterocycles. The average molecular weight is 330 g/mol. The molecule has 1 aliphatic heterocycles. The van der Waals surface area contributed by atoms with Gasteiger partial charge < -0.3 is 19.9 Å². The van der Waals surface area contributed by atoms with Crippen molar-refractivity contribution < 1.29 is 19.1 Å². The molecular formula is C16H18N4O4. The van der Waals surface area contributed by atoms with Gasteiger partial charge in [-0.15, -0.1) is 0 Å². The van der Waals surface area contributed by atoms with Gasteiger partial charge in [-0.2, -0.15) is 5.26 Å². The van der Waals surface area contributed by atoms with Gasteiger partial charge in [-0.3, -0.25) is 9.59 Å². The van der Waals surface area contributed by atoms with E-state index in [4.69, 9.17) is 10.00 Å². The van der Waals surface area contributed by atoms with E-state index >= 15 is 0 Å². The van der Waals surface area contributed by atoms with E-state index in [2.05, 4.69) is 5.32 Å². The standard InChI is InChI=1S/C16H18N4O4/c1-2-24-16(23)20-8-6-19(7-9-20)15(22)14(21)18-13-5-3-4-12(10-13)11-17/h3-5,10H,2,6-9H2,1H3,(H,18,21). The van der Waals surface area contributed by atoms with Crippen LogP contribution < -0.4 is 5.32 Å². The van der Waals surface area contributed by atoms with Gasteiger partial charge in [-0.05, 0) is 25.1 Å². The van der Waals surface area contributed by atoms with E-state index in [0.717, 1.165) is 0 Å². The molecule has 0 atom stereocenters. The van der Waals surface area contributed by atoms with Gasteiger partial charge in [0, 0.05) is 31.9 Å². The monoisotopic (exact) mass is 330 g/mol. The number of ether oxygens (including phenoxy) is 1. The van der Waals surface area contributed by atoms with Gasteiger partial charge in [0.25, 0.3) is 0 Å². The van der Waals surface area contributed by atoms with E-state index in [1.54, 1.807) is 25.1 Å². The van der Waals surface area contributed by atoms with Gasteiger partial charge in [0.1, 0.15) is 0 Å². The summed E-state index contributed by atoms with van der Waals surface area (Å²) >= 11 is 0. The molecule has 8 heteroatoms. The van der Waals surface area contributed by atoms with Gasteiger partial charge in [-0.1, -0.05) is 6.07 Å². The molecule has 1 aromatic rings. The summed E-state index contributed by atoms with van der Waals surface area (Å²) in [5, 5.41) is 11.3. The van der Waals surface area contributed by atoms with Crippen molar-refractivity contribution in [1.29, 1.82) is 5.26 Å². The van der Waals surface area contributed by atoms with E-state index in [0.29, 0.717) is 30.9 Å². The summed E-state index contributed by atoms with van der Waals surface area (Å²) in [6.07, 6.45) is -0.414. The molecule has 0 unspecified atom stereocenters. The molecule has 8 nitrogen and oxygen atoms in total. The summed E-state index contributed by atoms with van der Waals surface area (Å²) < 4.78 is 4.90. The second kappa shape index (κ2) is 7.97. The molecular weight excluding hydrogens is 312 g/mol. The minimum absolute atomic E-state index is 0.267. The lowest BCUT2D eigenvalue weighted by Gasteiger charge is -2.33. The van der Waals surface area contributed by atoms with Gasteiger partial charge in [0.2, 0.25) is 0 Å². The maximum Gasteiger partial charge on any atom is 0.409 e. The molecule has 1 aromatic carbocycles. The zero-order chi connectivity index (χ0) is 17.5. The van der Waals surface area contributed by atoms with Crippen LogP contribution in [0.25, 0.3) is 0 Å². The molecule has 0 saturated carbocycles. The zero-order valence-corrected chi connectivity index (χ0v) is 13.3. The summed E-state index contributed by atoms with van der Waals surface area (Å²) in [7, 11) is 0. The van der Waals surface area contributed by atoms with Crippen LogP contribution in [-0.4, -0.2) is 60.5 Å². The number of rotatable bonds is 2. The van der Waals surface area contributed by atoms with E-state index in [1.165, 1.54) is 15.9 Å². The van der Waals surface area contributed by atoms with Crippen LogP contribution in [0.5, 0.6) is 0 Å². The van der Waals surface area contributed by atoms with Gasteiger partial charge in [0.05, 0.1) is 18.2 Å². The zero-order valence-electron chi connectivity index (χ0n) is 13.3. The van der Waals surface area contributed by atoms with Gasteiger partial charge in [0.15, 0.2) is 0 Å². The van der Waals surface area contributed by atoms with E-state index in [1.807, 2.05) is 6.07 Å². The molecule has 1 aliphatic rings. The third-order valence-corrected chi connectivity index (χ3v) is 3.54. The molecule has 1 fully saturated rings. The largest absolute Gasteiger partial charge is 0.450 e. The van der Waals surface area contributed by atoms with Crippen molar-refractivity contribution in [3.8, 4) is 6.07 Å². The number of nitrogens with one attached hydrogen (secondary N) is 1. The summed E-state index contributed by atoms with van der Waals surface area (Å²) in [4.78, 5) is 38.7. The fourth-order valence-electron chi connectivity index (χ4n) is 2.30. The van der Waals surface area contributed by atoms with Gasteiger partial charge in [-0.25, -0.2) is 4.79 Å². The highest BCUT2D eigenvalue weighted by Gasteiger charge is 2.28. The first-order valence-electron chi connectivity index (χ1n) is 7.57. The van der Waals surface area contributed by atoms with E-state index in [-0.39, 0.29) is 13.1 Å². The van der Waals surface area contributed by atoms with Crippen LogP contribution in [0.1, 0.15) is 12.5 Å². The van der Waals surface area contributed by atoms with Crippen molar-refractivity contribution in [2.75, 3.05) is 38.1 Å². The maximum absolute atomic E-state index is 12.2. The Bertz CT molecular complexity index is 675. The van der Waals surface area contributed by atoms with E-state index < -0.39 is 17.9 Å². The molecule has 126 valence electrons. The summed E-state index contributed by atoms with van der Waals surface area (Å²) in [5.74, 6) is -1.43. The van der Waals surface area contributed by atoms with Crippen molar-refractivity contribution >= 4 is 23.6 Å². The number of carbonyl (C=O) groups is 3. The first kappa shape index (κ1) is 17.3. The number of benzene rings is 1. The lowest BCUT2D eigenvalue weighted by molar-refractivity contribution is -0.144. The average Bonchev–Trinajstić information content (AvgIpc) is 2.61. The molecule has 0 aliphatic carbocycles. The Morgan fingerprint density at radius 2 is 1.88 bits per heavy atom. The quantitative estimate of drug-likeness (QED) is 0.808. The Hall–Kier alpha value is -3.08. The van der Waals surface area contributed by atoms with Crippen LogP contribution in [0.2, 0.25) is 0 Å². The molecule has 1 N–H and O–H groups in total. The Balaban J connectivity index is 1.89. The first-order chi connectivity index (χ1) is 11.5. The van der Waals surface area contributed by atoms with Crippen LogP contribution in [0.4, 0.5) is 10.5 Å². The number of nitriles is 1. The third-order valence-electron chi connectivity index (χ3n) is 3.54. The van der Waals surface area contributed by atoms with Gasteiger partial charge >= 0.3 is 17.9 Å². The number of carbonyl (C=O) groups excluding carboxylic acids is 3. The summed E-state index contributed by atoms with van der Waals surface area (Å²) in [6, 6.07) is 8.28. The Morgan fingerprint density at radius 3 is 2.50 bits per heavy atom. The normalized spacial score (nSPS) is 13.8. The minimum atomic E-state index is -0.769. The van der Waals surface area contributed by atoms with Crippen LogP contribution in [-0.2, 0) is 14.3 Å². The smallest absolute Gasteiger partial charge is 0.409 e. The summed E-state index contributed by atoms with van der Waals surface area (Å²) in [5.41, 5.74) is 0.779. The highest BCUT2D eigenvalue weighted by molar-refractivity contribution is 6.39. The number of nitrogens with zero attached hydrogens (tertiary/aromatic N) is 3. The number of piperazine rings is 1. The number of amides is 3. The number of anilines is 1. The minimum Gasteiger partial charge on any atom is -0.450 e. The molecule has 2 rings (SSSR count). The summed E-state index contributed by atoms with van der Waals surface area (Å²) in [6.45, 7) is 3.20. The predicted molar refractivity (Wildman–Crippen MR) is 85.0 cm³/mol. The highest BCUT2D eigenvalue weighted by Crippen LogP contribution is 2.11. The first-order valence-corrected chi connectivity index (χ1v) is 7.57. The number of hydrogen-bond donors (Lipinski definition) is 1. The van der Waals surface area contributed by atoms with Crippen LogP contribution >= 0.6 is 0 Å². The second-order valence-electron chi connectivity index (χ2n) is 5.12. The van der Waals surface area contributed by atoms with Crippen LogP contribution in [0.3, 0.4) is 0 Å². The van der Waals surface area contributed by atoms with Crippen LogP contribution in [0.15, 0.2) is 24.3 Å². The Morgan fingerprint density at radius 1 is 1.21 bits per heavy atom. The molecule has 3 amide bonds. The lowest BCUT2D eigenvalue weighted by Crippen LogP contribution is -2.53. The highest BCUT2D eigenvalue weighted by atomic mass is 16.6. The molecule has 1 saturated heterocycles. The topological polar surface area (TPSA) is 103 Å². The van der Waals surface area contributed by atoms with Crippen LogP contribution in [0, 0.1) is 11.3 Å². The Labute approximate surface area is 139 Å². The Kier molecular flexibility index (Phi) is 5.73. The fourth-order valence-corrected chi connectivity index (χ4v) is 2.30. The SMILES string of the molecule is CCOC(=O)N1CCN(C(=O)C(=O)Nc2cccc(C#N)c2)CC1. The third kappa shape index (κ3) is 4.23. The molecule has 0 radical (unpaired) electrons. The molecule has 0 bridgehead atoms. The van der Waals surface area contributed by atoms with Crippen molar-refractivity contribution in [1.82, 2.24) is 9.80 Å². The second-order valence-corrected chi connectivity index (χ2v) is 5.12. The van der Waals surface area contributed by atoms with Crippen molar-refractivity contribution in [2.24, 2.45) is 0 Å². The molecule has 0 spiro atoms.